The van der Waals surface area contributed by atoms with E-state index in [2.05, 4.69) is 15.2 Å². The van der Waals surface area contributed by atoms with Crippen LogP contribution in [0, 0.1) is 17.0 Å². The lowest BCUT2D eigenvalue weighted by Crippen LogP contribution is -1.92. The summed E-state index contributed by atoms with van der Waals surface area (Å²) in [5.74, 6) is 0.669. The van der Waals surface area contributed by atoms with E-state index in [9.17, 15) is 10.1 Å². The predicted octanol–water partition coefficient (Wildman–Crippen LogP) is 4.63. The van der Waals surface area contributed by atoms with Crippen LogP contribution in [0.25, 0.3) is 5.65 Å². The number of rotatable bonds is 4. The van der Waals surface area contributed by atoms with E-state index in [1.165, 1.54) is 19.2 Å². The largest absolute Gasteiger partial charge is 0.490 e. The third kappa shape index (κ3) is 2.91. The smallest absolute Gasteiger partial charge is 0.313 e. The summed E-state index contributed by atoms with van der Waals surface area (Å²) in [6, 6.07) is 7.86. The van der Waals surface area contributed by atoms with Gasteiger partial charge in [-0.1, -0.05) is 11.6 Å². The Kier molecular flexibility index (Phi) is 4.13. The molecule has 8 nitrogen and oxygen atoms in total. The Balaban J connectivity index is 2.03. The first-order chi connectivity index (χ1) is 11.5. The number of nitro benzene ring substituents is 1. The van der Waals surface area contributed by atoms with Crippen molar-refractivity contribution in [2.45, 2.75) is 6.92 Å². The quantitative estimate of drug-likeness (QED) is 0.391. The van der Waals surface area contributed by atoms with Gasteiger partial charge < -0.3 is 4.74 Å². The van der Waals surface area contributed by atoms with Crippen LogP contribution in [0.15, 0.2) is 46.8 Å². The molecule has 0 bridgehead atoms. The normalized spacial score (nSPS) is 11.3. The number of methoxy groups -OCH3 is 1. The van der Waals surface area contributed by atoms with E-state index in [4.69, 9.17) is 16.3 Å². The van der Waals surface area contributed by atoms with E-state index in [1.54, 1.807) is 35.7 Å². The molecule has 0 atom stereocenters. The van der Waals surface area contributed by atoms with Crippen molar-refractivity contribution >= 4 is 34.4 Å². The van der Waals surface area contributed by atoms with Crippen LogP contribution in [0.1, 0.15) is 5.69 Å². The molecule has 24 heavy (non-hydrogen) atoms. The number of nitrogens with zero attached hydrogens (tertiary/aromatic N) is 5. The van der Waals surface area contributed by atoms with Crippen molar-refractivity contribution in [3.8, 4) is 5.75 Å². The second kappa shape index (κ2) is 6.25. The summed E-state index contributed by atoms with van der Waals surface area (Å²) in [5, 5.41) is 19.8. The lowest BCUT2D eigenvalue weighted by Gasteiger charge is -2.01. The first-order valence-electron chi connectivity index (χ1n) is 6.88. The number of azo groups is 1. The molecular weight excluding hydrogens is 334 g/mol. The van der Waals surface area contributed by atoms with Crippen molar-refractivity contribution in [3.05, 3.63) is 57.4 Å². The number of aromatic nitrogens is 2. The van der Waals surface area contributed by atoms with Gasteiger partial charge >= 0.3 is 5.69 Å². The SMILES string of the molecule is COc1ccc(N=Nc2c(C)nc3ccc(Cl)cn23)cc1[N+](=O)[O-]. The van der Waals surface area contributed by atoms with E-state index in [1.807, 2.05) is 0 Å². The van der Waals surface area contributed by atoms with Crippen LogP contribution >= 0.6 is 11.6 Å². The van der Waals surface area contributed by atoms with Crippen LogP contribution in [-0.4, -0.2) is 21.4 Å². The topological polar surface area (TPSA) is 94.4 Å². The Morgan fingerprint density at radius 3 is 2.79 bits per heavy atom. The second-order valence-electron chi connectivity index (χ2n) is 4.91. The first kappa shape index (κ1) is 15.9. The fourth-order valence-corrected chi connectivity index (χ4v) is 2.39. The Morgan fingerprint density at radius 2 is 2.08 bits per heavy atom. The van der Waals surface area contributed by atoms with Gasteiger partial charge in [-0.3, -0.25) is 14.5 Å². The molecule has 0 unspecified atom stereocenters. The molecule has 0 aliphatic carbocycles. The summed E-state index contributed by atoms with van der Waals surface area (Å²) in [5.41, 5.74) is 1.52. The lowest BCUT2D eigenvalue weighted by molar-refractivity contribution is -0.385. The Hall–Kier alpha value is -3.00. The Labute approximate surface area is 141 Å². The molecule has 122 valence electrons. The van der Waals surface area contributed by atoms with Gasteiger partial charge in [-0.2, -0.15) is 0 Å². The van der Waals surface area contributed by atoms with Gasteiger partial charge in [0.2, 0.25) is 0 Å². The molecule has 0 aliphatic heterocycles. The summed E-state index contributed by atoms with van der Waals surface area (Å²) >= 11 is 6.00. The number of halogens is 1. The summed E-state index contributed by atoms with van der Waals surface area (Å²) < 4.78 is 6.67. The number of hydrogen-bond acceptors (Lipinski definition) is 6. The van der Waals surface area contributed by atoms with Crippen molar-refractivity contribution in [3.63, 3.8) is 0 Å². The standard InChI is InChI=1S/C15H12ClN5O3/c1-9-15(20-8-10(16)3-6-14(20)17-9)19-18-11-4-5-13(24-2)12(7-11)21(22)23/h3-8H,1-2H3. The van der Waals surface area contributed by atoms with Gasteiger partial charge in [-0.05, 0) is 31.2 Å². The average molecular weight is 346 g/mol. The average Bonchev–Trinajstić information content (AvgIpc) is 2.87. The van der Waals surface area contributed by atoms with Crippen molar-refractivity contribution < 1.29 is 9.66 Å². The molecule has 2 heterocycles. The van der Waals surface area contributed by atoms with Crippen molar-refractivity contribution in [1.82, 2.24) is 9.38 Å². The number of imidazole rings is 1. The summed E-state index contributed by atoms with van der Waals surface area (Å²) in [7, 11) is 1.37. The number of ether oxygens (including phenoxy) is 1. The van der Waals surface area contributed by atoms with Gasteiger partial charge in [-0.25, -0.2) is 4.98 Å². The molecule has 0 radical (unpaired) electrons. The van der Waals surface area contributed by atoms with Crippen LogP contribution in [0.4, 0.5) is 17.2 Å². The summed E-state index contributed by atoms with van der Waals surface area (Å²) in [6.07, 6.45) is 1.68. The molecule has 0 N–H and O–H groups in total. The van der Waals surface area contributed by atoms with Gasteiger partial charge in [0.1, 0.15) is 5.65 Å². The highest BCUT2D eigenvalue weighted by atomic mass is 35.5. The van der Waals surface area contributed by atoms with Crippen LogP contribution in [-0.2, 0) is 0 Å². The fourth-order valence-electron chi connectivity index (χ4n) is 2.23. The zero-order valence-corrected chi connectivity index (χ0v) is 13.6. The second-order valence-corrected chi connectivity index (χ2v) is 5.35. The third-order valence-electron chi connectivity index (χ3n) is 3.34. The van der Waals surface area contributed by atoms with Gasteiger partial charge in [0, 0.05) is 12.3 Å². The van der Waals surface area contributed by atoms with Gasteiger partial charge in [0.25, 0.3) is 0 Å². The lowest BCUT2D eigenvalue weighted by atomic mass is 10.2. The van der Waals surface area contributed by atoms with Crippen LogP contribution in [0.5, 0.6) is 5.75 Å². The van der Waals surface area contributed by atoms with E-state index >= 15 is 0 Å². The molecule has 0 spiro atoms. The van der Waals surface area contributed by atoms with Gasteiger partial charge in [0.05, 0.1) is 28.4 Å². The minimum atomic E-state index is -0.531. The molecule has 3 rings (SSSR count). The highest BCUT2D eigenvalue weighted by Gasteiger charge is 2.15. The number of nitro groups is 1. The minimum absolute atomic E-state index is 0.164. The number of benzene rings is 1. The molecule has 0 fully saturated rings. The van der Waals surface area contributed by atoms with Crippen molar-refractivity contribution in [2.24, 2.45) is 10.2 Å². The van der Waals surface area contributed by atoms with Crippen molar-refractivity contribution in [1.29, 1.82) is 0 Å². The first-order valence-corrected chi connectivity index (χ1v) is 7.26. The maximum absolute atomic E-state index is 11.1. The number of aryl methyl sites for hydroxylation is 1. The minimum Gasteiger partial charge on any atom is -0.490 e. The fraction of sp³-hybridized carbons (Fsp3) is 0.133. The molecule has 0 aliphatic rings. The molecular formula is C15H12ClN5O3. The predicted molar refractivity (Wildman–Crippen MR) is 88.8 cm³/mol. The number of fused-ring (bicyclic) bond motifs is 1. The van der Waals surface area contributed by atoms with Crippen LogP contribution in [0.2, 0.25) is 5.02 Å². The van der Waals surface area contributed by atoms with Crippen LogP contribution < -0.4 is 4.74 Å². The van der Waals surface area contributed by atoms with Crippen LogP contribution in [0.3, 0.4) is 0 Å². The molecule has 1 aromatic carbocycles. The number of pyridine rings is 1. The van der Waals surface area contributed by atoms with Crippen molar-refractivity contribution in [2.75, 3.05) is 7.11 Å². The third-order valence-corrected chi connectivity index (χ3v) is 3.57. The van der Waals surface area contributed by atoms with E-state index in [0.717, 1.165) is 0 Å². The molecule has 0 saturated heterocycles. The molecule has 0 amide bonds. The van der Waals surface area contributed by atoms with E-state index in [-0.39, 0.29) is 11.4 Å². The highest BCUT2D eigenvalue weighted by Crippen LogP contribution is 2.32. The zero-order chi connectivity index (χ0) is 17.3. The molecule has 2 aromatic heterocycles. The highest BCUT2D eigenvalue weighted by molar-refractivity contribution is 6.30. The molecule has 3 aromatic rings. The maximum Gasteiger partial charge on any atom is 0.313 e. The van der Waals surface area contributed by atoms with Gasteiger partial charge in [-0.15, -0.1) is 10.2 Å². The van der Waals surface area contributed by atoms with E-state index < -0.39 is 4.92 Å². The zero-order valence-electron chi connectivity index (χ0n) is 12.8. The monoisotopic (exact) mass is 345 g/mol. The Morgan fingerprint density at radius 1 is 1.29 bits per heavy atom. The molecule has 0 saturated carbocycles. The summed E-state index contributed by atoms with van der Waals surface area (Å²) in [6.45, 7) is 1.80. The Bertz CT molecular complexity index is 967. The van der Waals surface area contributed by atoms with E-state index in [0.29, 0.717) is 27.9 Å². The van der Waals surface area contributed by atoms with Gasteiger partial charge in [0.15, 0.2) is 11.6 Å². The summed E-state index contributed by atoms with van der Waals surface area (Å²) in [4.78, 5) is 14.9. The maximum atomic E-state index is 11.1. The number of hydrogen-bond donors (Lipinski definition) is 0. The molecule has 9 heteroatoms.